The fraction of sp³-hybridized carbons (Fsp3) is 0.524. The highest BCUT2D eigenvalue weighted by atomic mass is 16.5. The van der Waals surface area contributed by atoms with Crippen LogP contribution in [-0.2, 0) is 6.42 Å². The number of hydrogen-bond donors (Lipinski definition) is 2. The Morgan fingerprint density at radius 1 is 1.08 bits per heavy atom. The maximum Gasteiger partial charge on any atom is 0.225 e. The molecule has 1 saturated carbocycles. The van der Waals surface area contributed by atoms with E-state index >= 15 is 0 Å². The Kier molecular flexibility index (Phi) is 6.69. The molecular formula is C21H30N4O. The number of anilines is 2. The number of aromatic nitrogens is 2. The Labute approximate surface area is 156 Å². The van der Waals surface area contributed by atoms with E-state index in [9.17, 15) is 0 Å². The highest BCUT2D eigenvalue weighted by Gasteiger charge is 2.13. The van der Waals surface area contributed by atoms with Gasteiger partial charge in [-0.3, -0.25) is 0 Å². The largest absolute Gasteiger partial charge is 0.496 e. The molecule has 1 aliphatic carbocycles. The lowest BCUT2D eigenvalue weighted by Crippen LogP contribution is -2.20. The van der Waals surface area contributed by atoms with E-state index in [0.29, 0.717) is 6.04 Å². The third-order valence-corrected chi connectivity index (χ3v) is 4.94. The van der Waals surface area contributed by atoms with Crippen LogP contribution in [0.3, 0.4) is 0 Å². The minimum absolute atomic E-state index is 0.501. The fourth-order valence-corrected chi connectivity index (χ4v) is 3.56. The van der Waals surface area contributed by atoms with Gasteiger partial charge in [0.15, 0.2) is 0 Å². The van der Waals surface area contributed by atoms with Gasteiger partial charge in [0.25, 0.3) is 0 Å². The highest BCUT2D eigenvalue weighted by Crippen LogP contribution is 2.21. The molecule has 5 nitrogen and oxygen atoms in total. The van der Waals surface area contributed by atoms with E-state index in [2.05, 4.69) is 26.7 Å². The summed E-state index contributed by atoms with van der Waals surface area (Å²) in [5.41, 5.74) is 2.18. The van der Waals surface area contributed by atoms with E-state index < -0.39 is 0 Å². The quantitative estimate of drug-likeness (QED) is 0.713. The second-order valence-corrected chi connectivity index (χ2v) is 7.04. The van der Waals surface area contributed by atoms with Gasteiger partial charge in [-0.05, 0) is 37.8 Å². The molecule has 5 heteroatoms. The number of para-hydroxylation sites is 1. The molecule has 2 N–H and O–H groups in total. The van der Waals surface area contributed by atoms with Crippen LogP contribution in [0.2, 0.25) is 0 Å². The SMILES string of the molecule is COc1ccccc1CCNc1cc(C)nc(NC2CCCCCC2)n1. The molecule has 0 amide bonds. The van der Waals surface area contributed by atoms with Gasteiger partial charge in [0, 0.05) is 24.3 Å². The van der Waals surface area contributed by atoms with Crippen molar-refractivity contribution >= 4 is 11.8 Å². The molecule has 1 aromatic heterocycles. The molecule has 140 valence electrons. The number of methoxy groups -OCH3 is 1. The van der Waals surface area contributed by atoms with Crippen LogP contribution in [0.1, 0.15) is 49.8 Å². The van der Waals surface area contributed by atoms with Gasteiger partial charge in [0.2, 0.25) is 5.95 Å². The predicted molar refractivity (Wildman–Crippen MR) is 107 cm³/mol. The van der Waals surface area contributed by atoms with Gasteiger partial charge in [-0.25, -0.2) is 4.98 Å². The number of aryl methyl sites for hydroxylation is 1. The molecule has 1 aliphatic rings. The van der Waals surface area contributed by atoms with E-state index in [1.165, 1.54) is 44.1 Å². The lowest BCUT2D eigenvalue weighted by Gasteiger charge is -2.17. The van der Waals surface area contributed by atoms with Crippen molar-refractivity contribution in [3.63, 3.8) is 0 Å². The first-order valence-electron chi connectivity index (χ1n) is 9.72. The van der Waals surface area contributed by atoms with Crippen molar-refractivity contribution in [2.75, 3.05) is 24.3 Å². The first-order valence-corrected chi connectivity index (χ1v) is 9.72. The van der Waals surface area contributed by atoms with E-state index in [1.54, 1.807) is 7.11 Å². The molecule has 1 aromatic carbocycles. The monoisotopic (exact) mass is 354 g/mol. The zero-order valence-electron chi connectivity index (χ0n) is 15.9. The van der Waals surface area contributed by atoms with Gasteiger partial charge >= 0.3 is 0 Å². The molecule has 0 aliphatic heterocycles. The zero-order valence-corrected chi connectivity index (χ0v) is 15.9. The topological polar surface area (TPSA) is 59.1 Å². The van der Waals surface area contributed by atoms with E-state index in [4.69, 9.17) is 4.74 Å². The normalized spacial score (nSPS) is 15.3. The van der Waals surface area contributed by atoms with Crippen LogP contribution in [0.15, 0.2) is 30.3 Å². The standard InChI is InChI=1S/C21H30N4O/c1-16-15-20(22-14-13-17-9-7-8-12-19(17)26-2)25-21(23-16)24-18-10-5-3-4-6-11-18/h7-9,12,15,18H,3-6,10-11,13-14H2,1-2H3,(H2,22,23,24,25). The van der Waals surface area contributed by atoms with Crippen LogP contribution in [0.4, 0.5) is 11.8 Å². The van der Waals surface area contributed by atoms with Crippen molar-refractivity contribution < 1.29 is 4.74 Å². The van der Waals surface area contributed by atoms with Crippen molar-refractivity contribution in [1.29, 1.82) is 0 Å². The molecule has 0 saturated heterocycles. The van der Waals surface area contributed by atoms with Crippen molar-refractivity contribution in [3.05, 3.63) is 41.6 Å². The van der Waals surface area contributed by atoms with Gasteiger partial charge in [-0.2, -0.15) is 4.98 Å². The smallest absolute Gasteiger partial charge is 0.225 e. The average molecular weight is 354 g/mol. The molecule has 0 radical (unpaired) electrons. The van der Waals surface area contributed by atoms with Gasteiger partial charge in [-0.1, -0.05) is 43.9 Å². The van der Waals surface area contributed by atoms with Crippen molar-refractivity contribution in [1.82, 2.24) is 9.97 Å². The molecule has 0 unspecified atom stereocenters. The molecule has 2 aromatic rings. The van der Waals surface area contributed by atoms with Crippen LogP contribution in [0, 0.1) is 6.92 Å². The number of nitrogens with one attached hydrogen (secondary N) is 2. The third-order valence-electron chi connectivity index (χ3n) is 4.94. The van der Waals surface area contributed by atoms with Crippen molar-refractivity contribution in [2.45, 2.75) is 57.9 Å². The Morgan fingerprint density at radius 3 is 2.62 bits per heavy atom. The summed E-state index contributed by atoms with van der Waals surface area (Å²) >= 11 is 0. The molecular weight excluding hydrogens is 324 g/mol. The van der Waals surface area contributed by atoms with E-state index in [0.717, 1.165) is 36.2 Å². The number of ether oxygens (including phenoxy) is 1. The Hall–Kier alpha value is -2.30. The molecule has 26 heavy (non-hydrogen) atoms. The lowest BCUT2D eigenvalue weighted by atomic mass is 10.1. The molecule has 1 heterocycles. The first kappa shape index (κ1) is 18.5. The second-order valence-electron chi connectivity index (χ2n) is 7.04. The summed E-state index contributed by atoms with van der Waals surface area (Å²) in [6, 6.07) is 10.6. The molecule has 1 fully saturated rings. The average Bonchev–Trinajstić information content (AvgIpc) is 2.90. The van der Waals surface area contributed by atoms with Crippen LogP contribution in [-0.4, -0.2) is 29.7 Å². The van der Waals surface area contributed by atoms with Crippen molar-refractivity contribution in [2.24, 2.45) is 0 Å². The zero-order chi connectivity index (χ0) is 18.2. The summed E-state index contributed by atoms with van der Waals surface area (Å²) in [6.45, 7) is 2.82. The maximum atomic E-state index is 5.42. The minimum atomic E-state index is 0.501. The first-order chi connectivity index (χ1) is 12.7. The van der Waals surface area contributed by atoms with E-state index in [-0.39, 0.29) is 0 Å². The highest BCUT2D eigenvalue weighted by molar-refractivity contribution is 5.43. The summed E-state index contributed by atoms with van der Waals surface area (Å²) in [4.78, 5) is 9.24. The molecule has 3 rings (SSSR count). The van der Waals surface area contributed by atoms with Crippen LogP contribution in [0.25, 0.3) is 0 Å². The van der Waals surface area contributed by atoms with Crippen LogP contribution < -0.4 is 15.4 Å². The lowest BCUT2D eigenvalue weighted by molar-refractivity contribution is 0.410. The van der Waals surface area contributed by atoms with Gasteiger partial charge in [0.1, 0.15) is 11.6 Å². The van der Waals surface area contributed by atoms with E-state index in [1.807, 2.05) is 31.2 Å². The fourth-order valence-electron chi connectivity index (χ4n) is 3.56. The minimum Gasteiger partial charge on any atom is -0.496 e. The second kappa shape index (κ2) is 9.41. The summed E-state index contributed by atoms with van der Waals surface area (Å²) in [5, 5.41) is 6.97. The molecule has 0 spiro atoms. The van der Waals surface area contributed by atoms with Gasteiger partial charge in [-0.15, -0.1) is 0 Å². The number of hydrogen-bond acceptors (Lipinski definition) is 5. The third kappa shape index (κ3) is 5.35. The Bertz CT molecular complexity index is 696. The number of benzene rings is 1. The summed E-state index contributed by atoms with van der Waals surface area (Å²) in [7, 11) is 1.71. The van der Waals surface area contributed by atoms with Crippen LogP contribution >= 0.6 is 0 Å². The Morgan fingerprint density at radius 2 is 1.85 bits per heavy atom. The maximum absolute atomic E-state index is 5.42. The summed E-state index contributed by atoms with van der Waals surface area (Å²) in [5.74, 6) is 2.56. The summed E-state index contributed by atoms with van der Waals surface area (Å²) < 4.78 is 5.42. The summed E-state index contributed by atoms with van der Waals surface area (Å²) in [6.07, 6.45) is 8.62. The molecule has 0 bridgehead atoms. The Balaban J connectivity index is 1.58. The number of nitrogens with zero attached hydrogens (tertiary/aromatic N) is 2. The number of rotatable bonds is 7. The van der Waals surface area contributed by atoms with Crippen molar-refractivity contribution in [3.8, 4) is 5.75 Å². The van der Waals surface area contributed by atoms with Gasteiger partial charge < -0.3 is 15.4 Å². The van der Waals surface area contributed by atoms with Crippen LogP contribution in [0.5, 0.6) is 5.75 Å². The van der Waals surface area contributed by atoms with Gasteiger partial charge in [0.05, 0.1) is 7.11 Å². The predicted octanol–water partition coefficient (Wildman–Crippen LogP) is 4.58. The molecule has 0 atom stereocenters.